The van der Waals surface area contributed by atoms with Gasteiger partial charge >= 0.3 is 4.94 Å². The Kier molecular flexibility index (Phi) is 1.84. The van der Waals surface area contributed by atoms with Gasteiger partial charge in [-0.2, -0.15) is 0 Å². The first-order valence-electron chi connectivity index (χ1n) is 4.49. The van der Waals surface area contributed by atoms with Gasteiger partial charge in [-0.25, -0.2) is 4.79 Å². The van der Waals surface area contributed by atoms with Gasteiger partial charge in [-0.3, -0.25) is 0 Å². The van der Waals surface area contributed by atoms with Gasteiger partial charge < -0.3 is 14.7 Å². The maximum absolute atomic E-state index is 11.2. The summed E-state index contributed by atoms with van der Waals surface area (Å²) >= 11 is 1.04. The van der Waals surface area contributed by atoms with Crippen molar-refractivity contribution in [2.75, 3.05) is 5.73 Å². The number of benzene rings is 1. The average Bonchev–Trinajstić information content (AvgIpc) is 2.82. The number of aromatic nitrogens is 1. The Morgan fingerprint density at radius 3 is 3.00 bits per heavy atom. The standard InChI is InChI=1S/C10H6N2O3S/c11-8-4-6(12-15-8)5-2-1-3-7-9(5)16-10(13)14-7/h1-4H,11H2. The normalized spacial score (nSPS) is 11.0. The molecular formula is C10H6N2O3S. The zero-order valence-corrected chi connectivity index (χ0v) is 8.78. The molecule has 3 aromatic rings. The van der Waals surface area contributed by atoms with Crippen molar-refractivity contribution in [3.05, 3.63) is 34.0 Å². The van der Waals surface area contributed by atoms with E-state index in [0.717, 1.165) is 21.6 Å². The molecule has 0 saturated carbocycles. The fourth-order valence-corrected chi connectivity index (χ4v) is 2.30. The third-order valence-electron chi connectivity index (χ3n) is 2.16. The Morgan fingerprint density at radius 2 is 2.25 bits per heavy atom. The molecule has 0 aliphatic heterocycles. The highest BCUT2D eigenvalue weighted by Crippen LogP contribution is 2.30. The van der Waals surface area contributed by atoms with Crippen LogP contribution in [0.4, 0.5) is 5.88 Å². The summed E-state index contributed by atoms with van der Waals surface area (Å²) in [6.07, 6.45) is 0. The fourth-order valence-electron chi connectivity index (χ4n) is 1.51. The highest BCUT2D eigenvalue weighted by molar-refractivity contribution is 7.16. The molecule has 0 atom stereocenters. The van der Waals surface area contributed by atoms with E-state index < -0.39 is 0 Å². The molecule has 2 aromatic heterocycles. The van der Waals surface area contributed by atoms with Crippen LogP contribution >= 0.6 is 11.3 Å². The molecule has 0 spiro atoms. The van der Waals surface area contributed by atoms with E-state index in [1.165, 1.54) is 0 Å². The molecule has 80 valence electrons. The molecule has 2 N–H and O–H groups in total. The molecule has 3 rings (SSSR count). The van der Waals surface area contributed by atoms with E-state index in [0.29, 0.717) is 11.3 Å². The lowest BCUT2D eigenvalue weighted by atomic mass is 10.1. The predicted octanol–water partition coefficient (Wildman–Crippen LogP) is 2.09. The van der Waals surface area contributed by atoms with Crippen molar-refractivity contribution in [3.8, 4) is 11.3 Å². The van der Waals surface area contributed by atoms with Crippen molar-refractivity contribution in [1.29, 1.82) is 0 Å². The van der Waals surface area contributed by atoms with Gasteiger partial charge in [-0.15, -0.1) is 0 Å². The second-order valence-electron chi connectivity index (χ2n) is 3.20. The molecule has 0 aliphatic rings. The molecule has 0 amide bonds. The molecule has 0 bridgehead atoms. The van der Waals surface area contributed by atoms with E-state index in [1.54, 1.807) is 18.2 Å². The van der Waals surface area contributed by atoms with E-state index in [1.807, 2.05) is 6.07 Å². The van der Waals surface area contributed by atoms with Crippen LogP contribution in [0.3, 0.4) is 0 Å². The smallest absolute Gasteiger partial charge is 0.396 e. The maximum Gasteiger partial charge on any atom is 0.396 e. The number of nitrogens with two attached hydrogens (primary N) is 1. The second-order valence-corrected chi connectivity index (χ2v) is 4.15. The van der Waals surface area contributed by atoms with Crippen molar-refractivity contribution in [3.63, 3.8) is 0 Å². The first-order chi connectivity index (χ1) is 7.74. The van der Waals surface area contributed by atoms with E-state index in [4.69, 9.17) is 14.7 Å². The highest BCUT2D eigenvalue weighted by Gasteiger charge is 2.12. The summed E-state index contributed by atoms with van der Waals surface area (Å²) < 4.78 is 10.6. The van der Waals surface area contributed by atoms with E-state index in [2.05, 4.69) is 5.16 Å². The number of nitrogen functional groups attached to an aromatic ring is 1. The third-order valence-corrected chi connectivity index (χ3v) is 3.04. The van der Waals surface area contributed by atoms with E-state index in [-0.39, 0.29) is 10.8 Å². The Hall–Kier alpha value is -2.08. The van der Waals surface area contributed by atoms with Gasteiger partial charge in [0, 0.05) is 11.6 Å². The van der Waals surface area contributed by atoms with Crippen LogP contribution in [-0.2, 0) is 0 Å². The van der Waals surface area contributed by atoms with Gasteiger partial charge in [0.15, 0.2) is 0 Å². The molecule has 6 heteroatoms. The van der Waals surface area contributed by atoms with Gasteiger partial charge in [-0.05, 0) is 6.07 Å². The van der Waals surface area contributed by atoms with Gasteiger partial charge in [0.25, 0.3) is 0 Å². The molecule has 0 aliphatic carbocycles. The fraction of sp³-hybridized carbons (Fsp3) is 0. The topological polar surface area (TPSA) is 82.3 Å². The second kappa shape index (κ2) is 3.21. The monoisotopic (exact) mass is 234 g/mol. The van der Waals surface area contributed by atoms with E-state index in [9.17, 15) is 4.79 Å². The number of anilines is 1. The zero-order valence-electron chi connectivity index (χ0n) is 7.97. The van der Waals surface area contributed by atoms with Crippen LogP contribution in [0.25, 0.3) is 21.5 Å². The van der Waals surface area contributed by atoms with Crippen LogP contribution in [0.5, 0.6) is 0 Å². The van der Waals surface area contributed by atoms with Crippen LogP contribution < -0.4 is 10.7 Å². The summed E-state index contributed by atoms with van der Waals surface area (Å²) in [5, 5.41) is 3.81. The van der Waals surface area contributed by atoms with Crippen LogP contribution in [0, 0.1) is 0 Å². The van der Waals surface area contributed by atoms with Crippen molar-refractivity contribution in [2.45, 2.75) is 0 Å². The van der Waals surface area contributed by atoms with Crippen molar-refractivity contribution < 1.29 is 8.94 Å². The minimum Gasteiger partial charge on any atom is -0.414 e. The summed E-state index contributed by atoms with van der Waals surface area (Å²) in [4.78, 5) is 10.8. The zero-order chi connectivity index (χ0) is 11.1. The van der Waals surface area contributed by atoms with Crippen LogP contribution in [0.1, 0.15) is 0 Å². The predicted molar refractivity (Wildman–Crippen MR) is 60.3 cm³/mol. The number of hydrogen-bond donors (Lipinski definition) is 1. The van der Waals surface area contributed by atoms with Gasteiger partial charge in [0.05, 0.1) is 4.70 Å². The van der Waals surface area contributed by atoms with Crippen molar-refractivity contribution >= 4 is 27.5 Å². The summed E-state index contributed by atoms with van der Waals surface area (Å²) in [7, 11) is 0. The lowest BCUT2D eigenvalue weighted by Gasteiger charge is -1.94. The number of nitrogens with zero attached hydrogens (tertiary/aromatic N) is 1. The SMILES string of the molecule is Nc1cc(-c2cccc3oc(=O)sc23)no1. The lowest BCUT2D eigenvalue weighted by Crippen LogP contribution is -1.79. The molecule has 0 radical (unpaired) electrons. The molecule has 16 heavy (non-hydrogen) atoms. The first-order valence-corrected chi connectivity index (χ1v) is 5.31. The van der Waals surface area contributed by atoms with Gasteiger partial charge in [0.2, 0.25) is 5.88 Å². The van der Waals surface area contributed by atoms with Crippen LogP contribution in [0.2, 0.25) is 0 Å². The summed E-state index contributed by atoms with van der Waals surface area (Å²) in [6, 6.07) is 6.97. The largest absolute Gasteiger partial charge is 0.414 e. The quantitative estimate of drug-likeness (QED) is 0.697. The Morgan fingerprint density at radius 1 is 1.38 bits per heavy atom. The molecule has 1 aromatic carbocycles. The summed E-state index contributed by atoms with van der Waals surface area (Å²) in [5.74, 6) is 0.239. The van der Waals surface area contributed by atoms with Gasteiger partial charge in [0.1, 0.15) is 11.3 Å². The Bertz CT molecular complexity index is 710. The highest BCUT2D eigenvalue weighted by atomic mass is 32.1. The average molecular weight is 234 g/mol. The van der Waals surface area contributed by atoms with Crippen molar-refractivity contribution in [1.82, 2.24) is 5.16 Å². The molecule has 0 saturated heterocycles. The number of rotatable bonds is 1. The van der Waals surface area contributed by atoms with Crippen LogP contribution in [0.15, 0.2) is 38.0 Å². The molecule has 0 fully saturated rings. The number of hydrogen-bond acceptors (Lipinski definition) is 6. The summed E-state index contributed by atoms with van der Waals surface area (Å²) in [6.45, 7) is 0. The first kappa shape index (κ1) is 9.17. The Labute approximate surface area is 93.1 Å². The van der Waals surface area contributed by atoms with Gasteiger partial charge in [-0.1, -0.05) is 28.6 Å². The molecular weight excluding hydrogens is 228 g/mol. The summed E-state index contributed by atoms with van der Waals surface area (Å²) in [5.41, 5.74) is 7.39. The molecule has 0 unspecified atom stereocenters. The third kappa shape index (κ3) is 1.31. The lowest BCUT2D eigenvalue weighted by molar-refractivity contribution is 0.439. The van der Waals surface area contributed by atoms with Crippen LogP contribution in [-0.4, -0.2) is 5.16 Å². The molecule has 2 heterocycles. The minimum atomic E-state index is -0.334. The minimum absolute atomic E-state index is 0.239. The molecule has 5 nitrogen and oxygen atoms in total. The maximum atomic E-state index is 11.2. The Balaban J connectivity index is 2.34. The number of fused-ring (bicyclic) bond motifs is 1. The van der Waals surface area contributed by atoms with Crippen molar-refractivity contribution in [2.24, 2.45) is 0 Å². The van der Waals surface area contributed by atoms with E-state index >= 15 is 0 Å².